The lowest BCUT2D eigenvalue weighted by atomic mass is 10.0. The molecule has 1 aliphatic heterocycles. The van der Waals surface area contributed by atoms with E-state index in [-0.39, 0.29) is 0 Å². The van der Waals surface area contributed by atoms with Gasteiger partial charge in [-0.25, -0.2) is 0 Å². The highest BCUT2D eigenvalue weighted by Crippen LogP contribution is 2.23. The summed E-state index contributed by atoms with van der Waals surface area (Å²) >= 11 is 0. The summed E-state index contributed by atoms with van der Waals surface area (Å²) in [7, 11) is 0. The van der Waals surface area contributed by atoms with Crippen molar-refractivity contribution < 1.29 is 4.79 Å². The molecule has 1 fully saturated rings. The molecule has 2 aliphatic rings. The molecule has 5 heteroatoms. The Balaban J connectivity index is 1.44. The van der Waals surface area contributed by atoms with Gasteiger partial charge in [-0.3, -0.25) is 4.79 Å². The number of anilines is 1. The number of carbonyl (C=O) groups excluding carboxylic acids is 1. The molecule has 1 aromatic rings. The van der Waals surface area contributed by atoms with Crippen LogP contribution in [0.25, 0.3) is 0 Å². The summed E-state index contributed by atoms with van der Waals surface area (Å²) in [5.74, 6) is 1.59. The number of aromatic nitrogens is 2. The van der Waals surface area contributed by atoms with E-state index in [1.54, 1.807) is 6.20 Å². The van der Waals surface area contributed by atoms with Gasteiger partial charge in [0.15, 0.2) is 0 Å². The molecule has 3 rings (SSSR count). The van der Waals surface area contributed by atoms with Crippen LogP contribution in [-0.4, -0.2) is 40.1 Å². The molecule has 0 saturated carbocycles. The molecule has 0 radical (unpaired) electrons. The maximum absolute atomic E-state index is 12.3. The van der Waals surface area contributed by atoms with Gasteiger partial charge in [-0.15, -0.1) is 5.10 Å². The first-order valence-electron chi connectivity index (χ1n) is 7.80. The summed E-state index contributed by atoms with van der Waals surface area (Å²) in [4.78, 5) is 14.3. The van der Waals surface area contributed by atoms with E-state index in [9.17, 15) is 4.79 Å². The molecule has 0 aromatic carbocycles. The van der Waals surface area contributed by atoms with Crippen LogP contribution in [0.5, 0.6) is 0 Å². The Morgan fingerprint density at radius 2 is 2.19 bits per heavy atom. The quantitative estimate of drug-likeness (QED) is 0.862. The van der Waals surface area contributed by atoms with Crippen LogP contribution in [0, 0.1) is 5.92 Å². The highest BCUT2D eigenvalue weighted by atomic mass is 16.2. The van der Waals surface area contributed by atoms with Crippen molar-refractivity contribution in [2.24, 2.45) is 5.92 Å². The van der Waals surface area contributed by atoms with Crippen LogP contribution in [0.15, 0.2) is 30.5 Å². The zero-order chi connectivity index (χ0) is 14.5. The zero-order valence-electron chi connectivity index (χ0n) is 12.2. The predicted octanol–water partition coefficient (Wildman–Crippen LogP) is 2.24. The van der Waals surface area contributed by atoms with Gasteiger partial charge in [-0.05, 0) is 43.7 Å². The Morgan fingerprint density at radius 1 is 1.33 bits per heavy atom. The maximum atomic E-state index is 12.3. The van der Waals surface area contributed by atoms with E-state index in [2.05, 4.69) is 27.7 Å². The third kappa shape index (κ3) is 3.80. The minimum absolute atomic E-state index is 0.310. The summed E-state index contributed by atoms with van der Waals surface area (Å²) in [5.41, 5.74) is 0. The second-order valence-electron chi connectivity index (χ2n) is 5.88. The topological polar surface area (TPSA) is 58.1 Å². The minimum Gasteiger partial charge on any atom is -0.366 e. The van der Waals surface area contributed by atoms with Crippen molar-refractivity contribution >= 4 is 11.7 Å². The Hall–Kier alpha value is -1.91. The molecule has 1 amide bonds. The van der Waals surface area contributed by atoms with Gasteiger partial charge in [0.05, 0.1) is 0 Å². The van der Waals surface area contributed by atoms with Gasteiger partial charge in [0.2, 0.25) is 5.91 Å². The number of nitrogens with zero attached hydrogens (tertiary/aromatic N) is 3. The Kier molecular flexibility index (Phi) is 4.48. The van der Waals surface area contributed by atoms with E-state index in [1.807, 2.05) is 17.0 Å². The van der Waals surface area contributed by atoms with E-state index in [0.29, 0.717) is 24.3 Å². The number of carbonyl (C=O) groups is 1. The highest BCUT2D eigenvalue weighted by Gasteiger charge is 2.24. The molecular formula is C16H22N4O. The minimum atomic E-state index is 0.310. The molecule has 2 heterocycles. The Morgan fingerprint density at radius 3 is 2.86 bits per heavy atom. The van der Waals surface area contributed by atoms with Gasteiger partial charge >= 0.3 is 0 Å². The van der Waals surface area contributed by atoms with Crippen LogP contribution in [0.3, 0.4) is 0 Å². The zero-order valence-corrected chi connectivity index (χ0v) is 12.2. The average Bonchev–Trinajstić information content (AvgIpc) is 3.02. The van der Waals surface area contributed by atoms with Crippen molar-refractivity contribution in [3.05, 3.63) is 30.5 Å². The van der Waals surface area contributed by atoms with Crippen LogP contribution >= 0.6 is 0 Å². The molecule has 0 unspecified atom stereocenters. The van der Waals surface area contributed by atoms with E-state index in [0.717, 1.165) is 44.6 Å². The summed E-state index contributed by atoms with van der Waals surface area (Å²) < 4.78 is 0. The number of hydrogen-bond acceptors (Lipinski definition) is 4. The van der Waals surface area contributed by atoms with Crippen LogP contribution in [0.2, 0.25) is 0 Å². The van der Waals surface area contributed by atoms with E-state index < -0.39 is 0 Å². The standard InChI is InChI=1S/C16H22N4O/c21-16(12-13-4-1-2-5-13)20-10-7-14(8-11-20)18-15-6-3-9-17-19-15/h1,3-4,6,9,13-14H,2,5,7-8,10-12H2,(H,18,19)/t13-/m0/s1. The monoisotopic (exact) mass is 286 g/mol. The van der Waals surface area contributed by atoms with E-state index >= 15 is 0 Å². The summed E-state index contributed by atoms with van der Waals surface area (Å²) in [5, 5.41) is 11.3. The average molecular weight is 286 g/mol. The third-order valence-electron chi connectivity index (χ3n) is 4.32. The maximum Gasteiger partial charge on any atom is 0.223 e. The van der Waals surface area contributed by atoms with Crippen LogP contribution in [-0.2, 0) is 4.79 Å². The Bertz CT molecular complexity index is 494. The number of hydrogen-bond donors (Lipinski definition) is 1. The molecule has 1 aromatic heterocycles. The van der Waals surface area contributed by atoms with Gasteiger partial charge in [0, 0.05) is 31.7 Å². The second-order valence-corrected chi connectivity index (χ2v) is 5.88. The van der Waals surface area contributed by atoms with Gasteiger partial charge in [-0.2, -0.15) is 5.10 Å². The summed E-state index contributed by atoms with van der Waals surface area (Å²) in [6.07, 6.45) is 10.9. The normalized spacial score (nSPS) is 22.5. The first-order chi connectivity index (χ1) is 10.3. The van der Waals surface area contributed by atoms with Gasteiger partial charge < -0.3 is 10.2 Å². The molecule has 1 saturated heterocycles. The first-order valence-corrected chi connectivity index (χ1v) is 7.80. The number of amides is 1. The number of allylic oxidation sites excluding steroid dienone is 2. The molecule has 112 valence electrons. The smallest absolute Gasteiger partial charge is 0.223 e. The van der Waals surface area contributed by atoms with Gasteiger partial charge in [-0.1, -0.05) is 12.2 Å². The number of piperidine rings is 1. The molecular weight excluding hydrogens is 264 g/mol. The lowest BCUT2D eigenvalue weighted by Crippen LogP contribution is -2.42. The fraction of sp³-hybridized carbons (Fsp3) is 0.562. The van der Waals surface area contributed by atoms with Crippen molar-refractivity contribution in [3.8, 4) is 0 Å². The molecule has 0 bridgehead atoms. The van der Waals surface area contributed by atoms with Crippen LogP contribution < -0.4 is 5.32 Å². The van der Waals surface area contributed by atoms with Crippen molar-refractivity contribution in [3.63, 3.8) is 0 Å². The molecule has 1 atom stereocenters. The molecule has 5 nitrogen and oxygen atoms in total. The molecule has 1 aliphatic carbocycles. The number of rotatable bonds is 4. The first kappa shape index (κ1) is 14.0. The fourth-order valence-electron chi connectivity index (χ4n) is 3.08. The fourth-order valence-corrected chi connectivity index (χ4v) is 3.08. The van der Waals surface area contributed by atoms with Gasteiger partial charge in [0.1, 0.15) is 5.82 Å². The van der Waals surface area contributed by atoms with Crippen LogP contribution in [0.1, 0.15) is 32.1 Å². The molecule has 21 heavy (non-hydrogen) atoms. The largest absolute Gasteiger partial charge is 0.366 e. The van der Waals surface area contributed by atoms with Crippen LogP contribution in [0.4, 0.5) is 5.82 Å². The van der Waals surface area contributed by atoms with E-state index in [1.165, 1.54) is 0 Å². The lowest BCUT2D eigenvalue weighted by molar-refractivity contribution is -0.132. The number of nitrogens with one attached hydrogen (secondary N) is 1. The predicted molar refractivity (Wildman–Crippen MR) is 81.7 cm³/mol. The lowest BCUT2D eigenvalue weighted by Gasteiger charge is -2.33. The van der Waals surface area contributed by atoms with Crippen molar-refractivity contribution in [2.75, 3.05) is 18.4 Å². The van der Waals surface area contributed by atoms with Crippen molar-refractivity contribution in [2.45, 2.75) is 38.1 Å². The SMILES string of the molecule is O=C(C[C@H]1C=CCC1)N1CCC(Nc2cccnn2)CC1. The third-order valence-corrected chi connectivity index (χ3v) is 4.32. The second kappa shape index (κ2) is 6.70. The van der Waals surface area contributed by atoms with E-state index in [4.69, 9.17) is 0 Å². The summed E-state index contributed by atoms with van der Waals surface area (Å²) in [6, 6.07) is 4.19. The van der Waals surface area contributed by atoms with Gasteiger partial charge in [0.25, 0.3) is 0 Å². The Labute approximate surface area is 125 Å². The summed E-state index contributed by atoms with van der Waals surface area (Å²) in [6.45, 7) is 1.68. The molecule has 0 spiro atoms. The van der Waals surface area contributed by atoms with Crippen molar-refractivity contribution in [1.82, 2.24) is 15.1 Å². The number of likely N-dealkylation sites (tertiary alicyclic amines) is 1. The molecule has 1 N–H and O–H groups in total. The highest BCUT2D eigenvalue weighted by molar-refractivity contribution is 5.76. The van der Waals surface area contributed by atoms with Crippen molar-refractivity contribution in [1.29, 1.82) is 0 Å².